The van der Waals surface area contributed by atoms with Crippen LogP contribution in [0.15, 0.2) is 16.6 Å². The standard InChI is InChI=1S/C10H11BrFN3O3/c11-7-5-9(10(15(16)17)6-8(7)12)13-14-1-3-18-4-2-14/h5-6,13H,1-4H2. The van der Waals surface area contributed by atoms with Crippen LogP contribution in [0.25, 0.3) is 0 Å². The lowest BCUT2D eigenvalue weighted by Crippen LogP contribution is -2.40. The number of nitro benzene ring substituents is 1. The third kappa shape index (κ3) is 2.95. The van der Waals surface area contributed by atoms with Gasteiger partial charge in [0.1, 0.15) is 11.5 Å². The Morgan fingerprint density at radius 1 is 1.44 bits per heavy atom. The molecule has 0 spiro atoms. The molecule has 2 rings (SSSR count). The van der Waals surface area contributed by atoms with E-state index in [2.05, 4.69) is 21.4 Å². The van der Waals surface area contributed by atoms with Crippen molar-refractivity contribution in [1.82, 2.24) is 5.01 Å². The number of benzene rings is 1. The van der Waals surface area contributed by atoms with Crippen LogP contribution < -0.4 is 5.43 Å². The maximum atomic E-state index is 13.3. The van der Waals surface area contributed by atoms with Gasteiger partial charge in [-0.05, 0) is 22.0 Å². The Labute approximate surface area is 111 Å². The van der Waals surface area contributed by atoms with Crippen LogP contribution >= 0.6 is 15.9 Å². The molecule has 1 N–H and O–H groups in total. The van der Waals surface area contributed by atoms with Crippen LogP contribution in [0, 0.1) is 15.9 Å². The molecular weight excluding hydrogens is 309 g/mol. The molecule has 1 fully saturated rings. The van der Waals surface area contributed by atoms with E-state index in [1.807, 2.05) is 0 Å². The summed E-state index contributed by atoms with van der Waals surface area (Å²) < 4.78 is 18.6. The molecule has 1 aliphatic rings. The SMILES string of the molecule is O=[N+]([O-])c1cc(F)c(Br)cc1NN1CCOCC1. The largest absolute Gasteiger partial charge is 0.379 e. The van der Waals surface area contributed by atoms with Gasteiger partial charge in [-0.3, -0.25) is 10.1 Å². The summed E-state index contributed by atoms with van der Waals surface area (Å²) in [6.07, 6.45) is 0. The molecule has 0 aliphatic carbocycles. The molecule has 98 valence electrons. The third-order valence-electron chi connectivity index (χ3n) is 2.52. The van der Waals surface area contributed by atoms with E-state index in [-0.39, 0.29) is 15.8 Å². The van der Waals surface area contributed by atoms with Gasteiger partial charge in [-0.1, -0.05) is 0 Å². The fourth-order valence-corrected chi connectivity index (χ4v) is 1.97. The summed E-state index contributed by atoms with van der Waals surface area (Å²) in [5.74, 6) is -0.658. The minimum Gasteiger partial charge on any atom is -0.379 e. The molecule has 0 aromatic heterocycles. The minimum absolute atomic E-state index is 0.184. The average molecular weight is 320 g/mol. The number of nitro groups is 1. The first-order valence-corrected chi connectivity index (χ1v) is 6.10. The molecule has 0 saturated carbocycles. The van der Waals surface area contributed by atoms with E-state index in [4.69, 9.17) is 4.74 Å². The Kier molecular flexibility index (Phi) is 4.10. The maximum absolute atomic E-state index is 13.3. The first kappa shape index (κ1) is 13.2. The first-order chi connectivity index (χ1) is 8.58. The molecule has 18 heavy (non-hydrogen) atoms. The second-order valence-electron chi connectivity index (χ2n) is 3.75. The number of halogens is 2. The molecule has 1 aromatic carbocycles. The highest BCUT2D eigenvalue weighted by molar-refractivity contribution is 9.10. The molecule has 0 radical (unpaired) electrons. The highest BCUT2D eigenvalue weighted by Crippen LogP contribution is 2.30. The number of ether oxygens (including phenoxy) is 1. The molecule has 1 heterocycles. The third-order valence-corrected chi connectivity index (χ3v) is 3.13. The van der Waals surface area contributed by atoms with Gasteiger partial charge >= 0.3 is 0 Å². The van der Waals surface area contributed by atoms with E-state index in [1.165, 1.54) is 6.07 Å². The van der Waals surface area contributed by atoms with E-state index in [1.54, 1.807) is 5.01 Å². The van der Waals surface area contributed by atoms with Crippen LogP contribution in [-0.2, 0) is 4.74 Å². The molecule has 0 bridgehead atoms. The van der Waals surface area contributed by atoms with Crippen molar-refractivity contribution in [3.63, 3.8) is 0 Å². The number of morpholine rings is 1. The van der Waals surface area contributed by atoms with Crippen molar-refractivity contribution in [3.05, 3.63) is 32.5 Å². The van der Waals surface area contributed by atoms with Crippen LogP contribution in [-0.4, -0.2) is 36.2 Å². The van der Waals surface area contributed by atoms with Gasteiger partial charge in [0.15, 0.2) is 0 Å². The van der Waals surface area contributed by atoms with Crippen LogP contribution in [0.1, 0.15) is 0 Å². The lowest BCUT2D eigenvalue weighted by molar-refractivity contribution is -0.384. The Morgan fingerprint density at radius 3 is 2.72 bits per heavy atom. The minimum atomic E-state index is -0.658. The van der Waals surface area contributed by atoms with Crippen LogP contribution in [0.5, 0.6) is 0 Å². The fraction of sp³-hybridized carbons (Fsp3) is 0.400. The van der Waals surface area contributed by atoms with Crippen molar-refractivity contribution in [2.24, 2.45) is 0 Å². The zero-order chi connectivity index (χ0) is 13.1. The zero-order valence-electron chi connectivity index (χ0n) is 9.36. The fourth-order valence-electron chi connectivity index (χ4n) is 1.62. The summed E-state index contributed by atoms with van der Waals surface area (Å²) in [5.41, 5.74) is 2.88. The second-order valence-corrected chi connectivity index (χ2v) is 4.61. The van der Waals surface area contributed by atoms with E-state index in [0.29, 0.717) is 26.3 Å². The lowest BCUT2D eigenvalue weighted by atomic mass is 10.2. The summed E-state index contributed by atoms with van der Waals surface area (Å²) >= 11 is 3.01. The van der Waals surface area contributed by atoms with Crippen molar-refractivity contribution < 1.29 is 14.1 Å². The number of hydrogen-bond acceptors (Lipinski definition) is 5. The predicted octanol–water partition coefficient (Wildman–Crippen LogP) is 2.16. The molecule has 1 aromatic rings. The monoisotopic (exact) mass is 319 g/mol. The normalized spacial score (nSPS) is 16.6. The van der Waals surface area contributed by atoms with E-state index in [0.717, 1.165) is 6.07 Å². The summed E-state index contributed by atoms with van der Waals surface area (Å²) in [7, 11) is 0. The Balaban J connectivity index is 2.24. The predicted molar refractivity (Wildman–Crippen MR) is 66.8 cm³/mol. The maximum Gasteiger partial charge on any atom is 0.296 e. The molecule has 0 amide bonds. The van der Waals surface area contributed by atoms with Crippen molar-refractivity contribution >= 4 is 27.3 Å². The van der Waals surface area contributed by atoms with Gasteiger partial charge in [0.2, 0.25) is 0 Å². The van der Waals surface area contributed by atoms with E-state index < -0.39 is 10.7 Å². The first-order valence-electron chi connectivity index (χ1n) is 5.30. The van der Waals surface area contributed by atoms with Crippen LogP contribution in [0.3, 0.4) is 0 Å². The molecule has 0 unspecified atom stereocenters. The summed E-state index contributed by atoms with van der Waals surface area (Å²) in [6.45, 7) is 2.35. The summed E-state index contributed by atoms with van der Waals surface area (Å²) in [5, 5.41) is 12.7. The Hall–Kier alpha value is -1.25. The Bertz CT molecular complexity index is 466. The number of nitrogens with zero attached hydrogens (tertiary/aromatic N) is 2. The summed E-state index contributed by atoms with van der Waals surface area (Å²) in [6, 6.07) is 2.26. The van der Waals surface area contributed by atoms with Crippen LogP contribution in [0.2, 0.25) is 0 Å². The van der Waals surface area contributed by atoms with E-state index >= 15 is 0 Å². The topological polar surface area (TPSA) is 67.6 Å². The molecule has 1 saturated heterocycles. The number of rotatable bonds is 3. The van der Waals surface area contributed by atoms with Crippen molar-refractivity contribution in [2.75, 3.05) is 31.7 Å². The molecule has 6 nitrogen and oxygen atoms in total. The second kappa shape index (κ2) is 5.59. The number of nitrogens with one attached hydrogen (secondary N) is 1. The van der Waals surface area contributed by atoms with Gasteiger partial charge in [-0.15, -0.1) is 0 Å². The van der Waals surface area contributed by atoms with E-state index in [9.17, 15) is 14.5 Å². The number of hydrogen-bond donors (Lipinski definition) is 1. The lowest BCUT2D eigenvalue weighted by Gasteiger charge is -2.27. The van der Waals surface area contributed by atoms with Gasteiger partial charge in [0, 0.05) is 13.1 Å². The smallest absolute Gasteiger partial charge is 0.296 e. The molecular formula is C10H11BrFN3O3. The van der Waals surface area contributed by atoms with Crippen molar-refractivity contribution in [2.45, 2.75) is 0 Å². The zero-order valence-corrected chi connectivity index (χ0v) is 10.9. The van der Waals surface area contributed by atoms with Crippen molar-refractivity contribution in [3.8, 4) is 0 Å². The number of hydrazine groups is 1. The molecule has 8 heteroatoms. The van der Waals surface area contributed by atoms with Gasteiger partial charge in [0.25, 0.3) is 5.69 Å². The number of anilines is 1. The quantitative estimate of drug-likeness (QED) is 0.683. The van der Waals surface area contributed by atoms with Gasteiger partial charge in [-0.25, -0.2) is 9.40 Å². The van der Waals surface area contributed by atoms with Gasteiger partial charge < -0.3 is 10.2 Å². The molecule has 0 atom stereocenters. The highest BCUT2D eigenvalue weighted by atomic mass is 79.9. The Morgan fingerprint density at radius 2 is 2.11 bits per heavy atom. The molecule has 1 aliphatic heterocycles. The summed E-state index contributed by atoms with van der Waals surface area (Å²) in [4.78, 5) is 10.3. The van der Waals surface area contributed by atoms with Crippen molar-refractivity contribution in [1.29, 1.82) is 0 Å². The highest BCUT2D eigenvalue weighted by Gasteiger charge is 2.20. The van der Waals surface area contributed by atoms with Crippen LogP contribution in [0.4, 0.5) is 15.8 Å². The van der Waals surface area contributed by atoms with Gasteiger partial charge in [0.05, 0.1) is 28.7 Å². The van der Waals surface area contributed by atoms with Gasteiger partial charge in [-0.2, -0.15) is 0 Å². The average Bonchev–Trinajstić information content (AvgIpc) is 2.34.